The van der Waals surface area contributed by atoms with Crippen LogP contribution in [0.25, 0.3) is 5.76 Å². The minimum absolute atomic E-state index is 0.0717. The van der Waals surface area contributed by atoms with Gasteiger partial charge in [-0.05, 0) is 55.7 Å². The summed E-state index contributed by atoms with van der Waals surface area (Å²) in [5, 5.41) is 7.38. The summed E-state index contributed by atoms with van der Waals surface area (Å²) in [5.41, 5.74) is 2.00. The van der Waals surface area contributed by atoms with Crippen molar-refractivity contribution in [1.29, 1.82) is 0 Å². The smallest absolute Gasteiger partial charge is 0.482 e. The lowest BCUT2D eigenvalue weighted by Gasteiger charge is -2.42. The number of hydrogen-bond donors (Lipinski definition) is 3. The molecular formula is C29H33F4N5O3. The van der Waals surface area contributed by atoms with Crippen LogP contribution in [-0.2, 0) is 9.53 Å². The van der Waals surface area contributed by atoms with Crippen LogP contribution < -0.4 is 25.6 Å². The molecule has 12 heteroatoms. The third-order valence-corrected chi connectivity index (χ3v) is 6.84. The van der Waals surface area contributed by atoms with Gasteiger partial charge in [0.2, 0.25) is 5.91 Å². The Labute approximate surface area is 236 Å². The number of piperidine rings is 1. The van der Waals surface area contributed by atoms with Crippen LogP contribution in [0.2, 0.25) is 0 Å². The number of amides is 1. The van der Waals surface area contributed by atoms with Gasteiger partial charge in [0.15, 0.2) is 11.6 Å². The predicted molar refractivity (Wildman–Crippen MR) is 150 cm³/mol. The predicted octanol–water partition coefficient (Wildman–Crippen LogP) is 5.51. The Hall–Kier alpha value is -4.22. The fourth-order valence-electron chi connectivity index (χ4n) is 4.81. The van der Waals surface area contributed by atoms with Gasteiger partial charge in [0.05, 0.1) is 24.8 Å². The standard InChI is InChI=1S/C29H33F4N5O3/c1-5-6-24(18-8-10-19(11-9-18)37-29(31,32)33)41-28(34-3)36-20-15-38(16-20)23-14-13-21(25(30)26(23)40-4)22-12-7-17(2)35-27(22)39/h6,8-11,13-14,20,22,37H,2,5,7,12,15-16H2,1,3-4H3,(H,34,36)(H,35,39)/b24-6+. The maximum absolute atomic E-state index is 15.5. The van der Waals surface area contributed by atoms with E-state index in [1.54, 1.807) is 19.2 Å². The topological polar surface area (TPSA) is 87.2 Å². The Morgan fingerprint density at radius 1 is 1.22 bits per heavy atom. The highest BCUT2D eigenvalue weighted by atomic mass is 19.4. The van der Waals surface area contributed by atoms with E-state index in [9.17, 15) is 18.0 Å². The first-order chi connectivity index (χ1) is 19.5. The number of halogens is 4. The molecule has 2 aromatic rings. The van der Waals surface area contributed by atoms with Crippen LogP contribution in [0.1, 0.15) is 43.2 Å². The zero-order valence-electron chi connectivity index (χ0n) is 23.1. The van der Waals surface area contributed by atoms with Gasteiger partial charge in [0, 0.05) is 42.6 Å². The third-order valence-electron chi connectivity index (χ3n) is 6.84. The van der Waals surface area contributed by atoms with Crippen LogP contribution in [0.3, 0.4) is 0 Å². The van der Waals surface area contributed by atoms with Crippen LogP contribution >= 0.6 is 0 Å². The van der Waals surface area contributed by atoms with Gasteiger partial charge in [-0.1, -0.05) is 19.6 Å². The molecule has 0 bridgehead atoms. The van der Waals surface area contributed by atoms with Gasteiger partial charge in [-0.25, -0.2) is 9.38 Å². The molecule has 2 aliphatic heterocycles. The van der Waals surface area contributed by atoms with E-state index in [2.05, 4.69) is 22.2 Å². The average molecular weight is 576 g/mol. The van der Waals surface area contributed by atoms with Crippen molar-refractivity contribution in [1.82, 2.24) is 10.6 Å². The molecule has 1 atom stereocenters. The van der Waals surface area contributed by atoms with Crippen LogP contribution in [0, 0.1) is 5.82 Å². The van der Waals surface area contributed by atoms with Gasteiger partial charge in [-0.2, -0.15) is 13.2 Å². The molecule has 0 aromatic heterocycles. The van der Waals surface area contributed by atoms with Crippen molar-refractivity contribution >= 4 is 29.1 Å². The van der Waals surface area contributed by atoms with E-state index in [0.29, 0.717) is 55.1 Å². The van der Waals surface area contributed by atoms with Crippen molar-refractivity contribution in [2.45, 2.75) is 44.4 Å². The Bertz CT molecular complexity index is 1340. The molecule has 0 saturated carbocycles. The van der Waals surface area contributed by atoms with Gasteiger partial charge < -0.3 is 25.0 Å². The summed E-state index contributed by atoms with van der Waals surface area (Å²) in [6.07, 6.45) is -1.03. The molecule has 4 rings (SSSR count). The highest BCUT2D eigenvalue weighted by Gasteiger charge is 2.34. The molecule has 2 fully saturated rings. The molecule has 1 amide bonds. The number of carbonyl (C=O) groups excluding carboxylic acids is 1. The number of aliphatic imine (C=N–C) groups is 1. The zero-order valence-corrected chi connectivity index (χ0v) is 23.1. The number of nitrogens with one attached hydrogen (secondary N) is 3. The summed E-state index contributed by atoms with van der Waals surface area (Å²) in [4.78, 5) is 18.5. The minimum atomic E-state index is -4.53. The summed E-state index contributed by atoms with van der Waals surface area (Å²) in [5.74, 6) is -0.920. The molecule has 8 nitrogen and oxygen atoms in total. The van der Waals surface area contributed by atoms with E-state index < -0.39 is 18.0 Å². The fourth-order valence-corrected chi connectivity index (χ4v) is 4.81. The first-order valence-electron chi connectivity index (χ1n) is 13.2. The molecule has 2 aromatic carbocycles. The summed E-state index contributed by atoms with van der Waals surface area (Å²) in [7, 11) is 2.96. The summed E-state index contributed by atoms with van der Waals surface area (Å²) >= 11 is 0. The van der Waals surface area contributed by atoms with Crippen molar-refractivity contribution in [2.75, 3.05) is 37.5 Å². The Kier molecular flexibility index (Phi) is 9.09. The summed E-state index contributed by atoms with van der Waals surface area (Å²) in [6.45, 7) is 6.70. The van der Waals surface area contributed by atoms with Gasteiger partial charge in [0.1, 0.15) is 5.76 Å². The lowest BCUT2D eigenvalue weighted by molar-refractivity contribution is -0.123. The Morgan fingerprint density at radius 2 is 1.93 bits per heavy atom. The average Bonchev–Trinajstić information content (AvgIpc) is 2.89. The van der Waals surface area contributed by atoms with Crippen molar-refractivity contribution < 1.29 is 31.8 Å². The lowest BCUT2D eigenvalue weighted by atomic mass is 9.89. The number of anilines is 2. The van der Waals surface area contributed by atoms with Gasteiger partial charge >= 0.3 is 6.30 Å². The van der Waals surface area contributed by atoms with Crippen LogP contribution in [0.4, 0.5) is 28.9 Å². The molecule has 2 heterocycles. The van der Waals surface area contributed by atoms with E-state index in [-0.39, 0.29) is 35.0 Å². The monoisotopic (exact) mass is 575 g/mol. The van der Waals surface area contributed by atoms with Crippen LogP contribution in [0.15, 0.2) is 59.7 Å². The molecular weight excluding hydrogens is 542 g/mol. The number of allylic oxidation sites excluding steroid dienone is 2. The molecule has 0 aliphatic carbocycles. The summed E-state index contributed by atoms with van der Waals surface area (Å²) in [6, 6.07) is 9.27. The van der Waals surface area contributed by atoms with Crippen molar-refractivity contribution in [2.24, 2.45) is 4.99 Å². The molecule has 41 heavy (non-hydrogen) atoms. The van der Waals surface area contributed by atoms with E-state index in [1.165, 1.54) is 36.7 Å². The second kappa shape index (κ2) is 12.5. The van der Waals surface area contributed by atoms with Gasteiger partial charge in [0.25, 0.3) is 6.02 Å². The largest absolute Gasteiger partial charge is 0.492 e. The van der Waals surface area contributed by atoms with Crippen molar-refractivity contribution in [3.8, 4) is 5.75 Å². The number of amidine groups is 1. The van der Waals surface area contributed by atoms with E-state index in [4.69, 9.17) is 9.47 Å². The lowest BCUT2D eigenvalue weighted by Crippen LogP contribution is -2.59. The third kappa shape index (κ3) is 7.11. The number of ether oxygens (including phenoxy) is 2. The number of alkyl halides is 3. The first-order valence-corrected chi connectivity index (χ1v) is 13.2. The highest BCUT2D eigenvalue weighted by molar-refractivity contribution is 5.86. The second-order valence-electron chi connectivity index (χ2n) is 9.76. The SMILES string of the molecule is C=C1CCC(c2ccc(N3CC(NC(=NC)O/C(=C/CC)c4ccc(NC(F)(F)F)cc4)C3)c(OC)c2F)C(=O)N1. The quantitative estimate of drug-likeness (QED) is 0.127. The highest BCUT2D eigenvalue weighted by Crippen LogP contribution is 2.39. The van der Waals surface area contributed by atoms with E-state index in [0.717, 1.165) is 0 Å². The van der Waals surface area contributed by atoms with E-state index >= 15 is 4.39 Å². The second-order valence-corrected chi connectivity index (χ2v) is 9.76. The normalized spacial score (nSPS) is 18.5. The van der Waals surface area contributed by atoms with Crippen molar-refractivity contribution in [3.63, 3.8) is 0 Å². The van der Waals surface area contributed by atoms with Crippen LogP contribution in [0.5, 0.6) is 5.75 Å². The Morgan fingerprint density at radius 3 is 2.51 bits per heavy atom. The molecule has 0 spiro atoms. The number of carbonyl (C=O) groups is 1. The first kappa shape index (κ1) is 29.8. The molecule has 1 unspecified atom stereocenters. The molecule has 3 N–H and O–H groups in total. The molecule has 220 valence electrons. The van der Waals surface area contributed by atoms with Crippen molar-refractivity contribution in [3.05, 3.63) is 71.7 Å². The number of methoxy groups -OCH3 is 1. The Balaban J connectivity index is 1.39. The van der Waals surface area contributed by atoms with Gasteiger partial charge in [-0.3, -0.25) is 10.1 Å². The molecule has 2 aliphatic rings. The maximum atomic E-state index is 15.5. The van der Waals surface area contributed by atoms with Gasteiger partial charge in [-0.15, -0.1) is 0 Å². The zero-order chi connectivity index (χ0) is 29.7. The number of hydrogen-bond acceptors (Lipinski definition) is 6. The minimum Gasteiger partial charge on any atom is -0.492 e. The fraction of sp³-hybridized carbons (Fsp3) is 0.379. The maximum Gasteiger partial charge on any atom is 0.482 e. The van der Waals surface area contributed by atoms with E-state index in [1.807, 2.05) is 17.9 Å². The molecule has 0 radical (unpaired) electrons. The van der Waals surface area contributed by atoms with Crippen LogP contribution in [-0.4, -0.2) is 51.5 Å². The number of benzene rings is 2. The summed E-state index contributed by atoms with van der Waals surface area (Å²) < 4.78 is 64.7. The number of rotatable bonds is 8. The molecule has 2 saturated heterocycles. The number of nitrogens with zero attached hydrogens (tertiary/aromatic N) is 2.